The number of benzene rings is 4. The standard InChI is InChI=1S/C40H32ClFIN3O6/c1-40-28(37(49)46(39(40)51)24-12-15-30(42)29(41)18-24)19-27-25(34(40)20-16-31(43)35(47)32(17-20)52-2)13-14-26-33(27)38(50)45(36(26)48)23-10-8-22(9-11-23)44-21-6-4-3-5-7-21/h3-13,15-18,26-28,33-34,44,47H,14,19H2,1-2H3. The number of nitrogens with one attached hydrogen (secondary N) is 1. The third-order valence-corrected chi connectivity index (χ3v) is 12.3. The molecule has 4 aliphatic rings. The van der Waals surface area contributed by atoms with Crippen molar-refractivity contribution >= 4 is 80.6 Å². The number of nitrogens with zero attached hydrogens (tertiary/aromatic N) is 2. The average Bonchev–Trinajstić information content (AvgIpc) is 3.50. The maximum atomic E-state index is 14.7. The fourth-order valence-corrected chi connectivity index (χ4v) is 9.62. The van der Waals surface area contributed by atoms with Crippen LogP contribution in [0.3, 0.4) is 0 Å². The molecule has 52 heavy (non-hydrogen) atoms. The van der Waals surface area contributed by atoms with Crippen molar-refractivity contribution in [1.29, 1.82) is 0 Å². The van der Waals surface area contributed by atoms with E-state index in [1.54, 1.807) is 31.2 Å². The normalized spacial score (nSPS) is 26.6. The van der Waals surface area contributed by atoms with Crippen LogP contribution in [-0.2, 0) is 19.2 Å². The number of amides is 4. The minimum Gasteiger partial charge on any atom is -0.504 e. The van der Waals surface area contributed by atoms with E-state index in [2.05, 4.69) is 5.32 Å². The number of phenols is 1. The van der Waals surface area contributed by atoms with Crippen molar-refractivity contribution in [2.75, 3.05) is 22.2 Å². The minimum absolute atomic E-state index is 0.0628. The molecule has 12 heteroatoms. The number of halogens is 3. The van der Waals surface area contributed by atoms with Gasteiger partial charge in [0, 0.05) is 17.3 Å². The van der Waals surface area contributed by atoms with Crippen LogP contribution in [0.25, 0.3) is 0 Å². The van der Waals surface area contributed by atoms with Gasteiger partial charge in [0.05, 0.1) is 50.2 Å². The molecular weight excluding hydrogens is 800 g/mol. The summed E-state index contributed by atoms with van der Waals surface area (Å²) in [6.45, 7) is 1.75. The molecular formula is C40H32ClFIN3O6. The number of phenolic OH excluding ortho intramolecular Hbond substituents is 1. The van der Waals surface area contributed by atoms with Crippen molar-refractivity contribution in [3.63, 3.8) is 0 Å². The Morgan fingerprint density at radius 1 is 0.885 bits per heavy atom. The molecule has 6 atom stereocenters. The third-order valence-electron chi connectivity index (χ3n) is 11.2. The molecule has 264 valence electrons. The first-order chi connectivity index (χ1) is 24.9. The number of aromatic hydroxyl groups is 1. The number of imide groups is 2. The van der Waals surface area contributed by atoms with Gasteiger partial charge in [-0.1, -0.05) is 41.4 Å². The summed E-state index contributed by atoms with van der Waals surface area (Å²) < 4.78 is 20.2. The largest absolute Gasteiger partial charge is 0.504 e. The predicted molar refractivity (Wildman–Crippen MR) is 202 cm³/mol. The molecule has 4 aromatic carbocycles. The van der Waals surface area contributed by atoms with E-state index in [4.69, 9.17) is 16.3 Å². The summed E-state index contributed by atoms with van der Waals surface area (Å²) in [4.78, 5) is 60.0. The van der Waals surface area contributed by atoms with Gasteiger partial charge in [-0.25, -0.2) is 9.29 Å². The highest BCUT2D eigenvalue weighted by molar-refractivity contribution is 14.1. The average molecular weight is 832 g/mol. The van der Waals surface area contributed by atoms with E-state index in [1.807, 2.05) is 71.1 Å². The SMILES string of the molecule is COc1cc(C2C3=CCC4C(=O)N(c5ccc(Nc6ccccc6)cc5)C(=O)C4C3CC3C(=O)N(c4ccc(F)c(Cl)c4)C(=O)C32C)cc(I)c1O. The molecule has 0 aromatic heterocycles. The lowest BCUT2D eigenvalue weighted by molar-refractivity contribution is -0.131. The maximum Gasteiger partial charge on any atom is 0.241 e. The molecule has 2 aliphatic carbocycles. The summed E-state index contributed by atoms with van der Waals surface area (Å²) in [5.41, 5.74) is 2.35. The number of carbonyl (C=O) groups is 4. The number of fused-ring (bicyclic) bond motifs is 4. The lowest BCUT2D eigenvalue weighted by atomic mass is 9.51. The Balaban J connectivity index is 1.20. The van der Waals surface area contributed by atoms with Gasteiger partial charge in [0.15, 0.2) is 11.5 Å². The zero-order valence-electron chi connectivity index (χ0n) is 28.0. The summed E-state index contributed by atoms with van der Waals surface area (Å²) in [5.74, 6) is -5.78. The topological polar surface area (TPSA) is 116 Å². The second kappa shape index (κ2) is 12.7. The number of anilines is 4. The molecule has 0 radical (unpaired) electrons. The van der Waals surface area contributed by atoms with Crippen LogP contribution in [0.4, 0.5) is 27.1 Å². The van der Waals surface area contributed by atoms with Crippen molar-refractivity contribution in [2.24, 2.45) is 29.1 Å². The van der Waals surface area contributed by atoms with Gasteiger partial charge in [-0.2, -0.15) is 0 Å². The summed E-state index contributed by atoms with van der Waals surface area (Å²) in [6, 6.07) is 23.9. The van der Waals surface area contributed by atoms with E-state index in [0.29, 0.717) is 14.8 Å². The molecule has 0 spiro atoms. The number of rotatable bonds is 6. The summed E-state index contributed by atoms with van der Waals surface area (Å²) in [5, 5.41) is 13.8. The van der Waals surface area contributed by atoms with E-state index in [0.717, 1.165) is 27.9 Å². The molecule has 2 aliphatic heterocycles. The van der Waals surface area contributed by atoms with Gasteiger partial charge in [-0.15, -0.1) is 0 Å². The molecule has 9 nitrogen and oxygen atoms in total. The van der Waals surface area contributed by atoms with Crippen LogP contribution in [0, 0.1) is 38.5 Å². The molecule has 2 saturated heterocycles. The second-order valence-electron chi connectivity index (χ2n) is 13.9. The van der Waals surface area contributed by atoms with Gasteiger partial charge in [0.2, 0.25) is 23.6 Å². The zero-order chi connectivity index (χ0) is 36.6. The number of ether oxygens (including phenoxy) is 1. The lowest BCUT2D eigenvalue weighted by Gasteiger charge is -2.49. The van der Waals surface area contributed by atoms with E-state index in [9.17, 15) is 28.7 Å². The highest BCUT2D eigenvalue weighted by atomic mass is 127. The zero-order valence-corrected chi connectivity index (χ0v) is 30.9. The van der Waals surface area contributed by atoms with Crippen molar-refractivity contribution in [2.45, 2.75) is 25.7 Å². The number of hydrogen-bond acceptors (Lipinski definition) is 7. The molecule has 2 N–H and O–H groups in total. The fraction of sp³-hybridized carbons (Fsp3) is 0.250. The van der Waals surface area contributed by atoms with Crippen LogP contribution in [0.2, 0.25) is 5.02 Å². The molecule has 2 heterocycles. The number of para-hydroxylation sites is 1. The van der Waals surface area contributed by atoms with E-state index in [1.165, 1.54) is 24.1 Å². The van der Waals surface area contributed by atoms with Gasteiger partial charge in [-0.3, -0.25) is 24.1 Å². The van der Waals surface area contributed by atoms with Crippen LogP contribution in [0.1, 0.15) is 31.2 Å². The molecule has 8 rings (SSSR count). The molecule has 4 amide bonds. The summed E-state index contributed by atoms with van der Waals surface area (Å²) >= 11 is 8.11. The Hall–Kier alpha value is -4.75. The lowest BCUT2D eigenvalue weighted by Crippen LogP contribution is -2.48. The van der Waals surface area contributed by atoms with E-state index >= 15 is 0 Å². The molecule has 0 bridgehead atoms. The van der Waals surface area contributed by atoms with Crippen molar-refractivity contribution < 1.29 is 33.4 Å². The van der Waals surface area contributed by atoms with Crippen LogP contribution in [0.5, 0.6) is 11.5 Å². The highest BCUT2D eigenvalue weighted by Gasteiger charge is 2.67. The van der Waals surface area contributed by atoms with Gasteiger partial charge in [0.25, 0.3) is 0 Å². The number of methoxy groups -OCH3 is 1. The summed E-state index contributed by atoms with van der Waals surface area (Å²) in [6.07, 6.45) is 2.38. The van der Waals surface area contributed by atoms with Crippen LogP contribution >= 0.6 is 34.2 Å². The van der Waals surface area contributed by atoms with Gasteiger partial charge in [0.1, 0.15) is 5.82 Å². The molecule has 1 saturated carbocycles. The van der Waals surface area contributed by atoms with Crippen LogP contribution in [-0.4, -0.2) is 35.8 Å². The first-order valence-electron chi connectivity index (χ1n) is 16.8. The molecule has 3 fully saturated rings. The van der Waals surface area contributed by atoms with E-state index < -0.39 is 52.6 Å². The monoisotopic (exact) mass is 831 g/mol. The second-order valence-corrected chi connectivity index (χ2v) is 15.4. The van der Waals surface area contributed by atoms with Gasteiger partial charge < -0.3 is 15.2 Å². The molecule has 6 unspecified atom stereocenters. The summed E-state index contributed by atoms with van der Waals surface area (Å²) in [7, 11) is 1.43. The van der Waals surface area contributed by atoms with Crippen molar-refractivity contribution in [3.8, 4) is 11.5 Å². The Labute approximate surface area is 317 Å². The smallest absolute Gasteiger partial charge is 0.241 e. The third kappa shape index (κ3) is 5.14. The minimum atomic E-state index is -1.34. The Kier molecular flexibility index (Phi) is 8.41. The Morgan fingerprint density at radius 2 is 1.58 bits per heavy atom. The first kappa shape index (κ1) is 34.3. The van der Waals surface area contributed by atoms with Gasteiger partial charge in [-0.05, 0) is 121 Å². The maximum absolute atomic E-state index is 14.7. The van der Waals surface area contributed by atoms with Crippen LogP contribution in [0.15, 0.2) is 96.6 Å². The number of hydrogen-bond donors (Lipinski definition) is 2. The number of allylic oxidation sites excluding steroid dienone is 2. The van der Waals surface area contributed by atoms with Crippen molar-refractivity contribution in [1.82, 2.24) is 0 Å². The fourth-order valence-electron chi connectivity index (χ4n) is 8.82. The van der Waals surface area contributed by atoms with Crippen molar-refractivity contribution in [3.05, 3.63) is 117 Å². The van der Waals surface area contributed by atoms with Gasteiger partial charge >= 0.3 is 0 Å². The Bertz CT molecular complexity index is 2210. The van der Waals surface area contributed by atoms with E-state index in [-0.39, 0.29) is 46.9 Å². The van der Waals surface area contributed by atoms with Crippen LogP contribution < -0.4 is 19.9 Å². The Morgan fingerprint density at radius 3 is 2.27 bits per heavy atom. The predicted octanol–water partition coefficient (Wildman–Crippen LogP) is 7.98. The first-order valence-corrected chi connectivity index (χ1v) is 18.3. The number of carbonyl (C=O) groups excluding carboxylic acids is 4. The molecule has 4 aromatic rings. The highest BCUT2D eigenvalue weighted by Crippen LogP contribution is 2.64. The quantitative estimate of drug-likeness (QED) is 0.115.